The van der Waals surface area contributed by atoms with E-state index in [1.165, 1.54) is 24.3 Å². The van der Waals surface area contributed by atoms with Gasteiger partial charge in [0.2, 0.25) is 5.69 Å². The van der Waals surface area contributed by atoms with Crippen molar-refractivity contribution in [3.05, 3.63) is 364 Å². The highest BCUT2D eigenvalue weighted by atomic mass is 35.5. The molecule has 0 saturated carbocycles. The average Bonchev–Trinajstić information content (AvgIpc) is 0.855. The highest BCUT2D eigenvalue weighted by Gasteiger charge is 2.10. The summed E-state index contributed by atoms with van der Waals surface area (Å²) in [6.07, 6.45) is 2.02. The summed E-state index contributed by atoms with van der Waals surface area (Å²) in [5.74, 6) is 7.13. The number of nitriles is 1. The number of nitrogens with zero attached hydrogens (tertiary/aromatic N) is 3. The molecule has 11 aromatic carbocycles. The molecular formula is C91H90ClN3O17S2. The molecule has 0 N–H and O–H groups in total. The van der Waals surface area contributed by atoms with Gasteiger partial charge in [-0.3, -0.25) is 0 Å². The summed E-state index contributed by atoms with van der Waals surface area (Å²) in [6.45, 7) is 38.2. The largest absolute Gasteiger partial charge is 0.519 e. The molecule has 590 valence electrons. The Labute approximate surface area is 678 Å². The molecule has 0 unspecified atom stereocenters. The number of carbonyl (C=O) groups is 4. The van der Waals surface area contributed by atoms with E-state index in [4.69, 9.17) is 63.2 Å². The number of hydrogen-bond donors (Lipinski definition) is 0. The Morgan fingerprint density at radius 1 is 0.456 bits per heavy atom. The monoisotopic (exact) mass is 1600 g/mol. The standard InChI is InChI=1S/C15H10N2O.C14H11NO.C13H11ClO.2C11H12O3.C9H10O3.C9H10O2S.C8H10O3S.CH4/c1-11-3-5-13(6-4-11)18-14-7-8-15(17-2)12(9-14)10-16;1-11-3-7-13(8-4-11)16-14-9-5-12(15-2)6-10-14;1-10-2-6-12(7-3-10)15-13-8-4-11(14)5-9-13;1-8(2)13-11(12)14-10-6-4-9(3)5-7-10;1-3-8-13-11(12)14-10-6-4-9(2)5-7-10;1-7-3-5-8(6-4-7)12-9(10)11-2;1-7-3-5-8(6-4-7)11-9(10)12-2;1-7-3-5-8(6-4-7)11-12(2,9)10;/h3-9H,1H3;3-10H,1H3;2-9H,1H3;4-7H,1H2,2-3H3;3-7H,1,8H2,2H3;3*3-6H,1-2H3;1H4. The van der Waals surface area contributed by atoms with Gasteiger partial charge in [-0.05, 0) is 226 Å². The summed E-state index contributed by atoms with van der Waals surface area (Å²) in [6, 6.07) is 80.3. The van der Waals surface area contributed by atoms with E-state index < -0.39 is 28.6 Å². The lowest BCUT2D eigenvalue weighted by Gasteiger charge is -2.06. The molecule has 0 aromatic heterocycles. The third-order valence-corrected chi connectivity index (χ3v) is 15.0. The van der Waals surface area contributed by atoms with Crippen LogP contribution in [0.3, 0.4) is 0 Å². The van der Waals surface area contributed by atoms with Gasteiger partial charge in [0.1, 0.15) is 75.6 Å². The molecule has 0 aliphatic heterocycles. The maximum Gasteiger partial charge on any atom is 0.519 e. The fraction of sp³-hybridized carbons (Fsp3) is 0.154. The van der Waals surface area contributed by atoms with E-state index in [-0.39, 0.29) is 19.3 Å². The van der Waals surface area contributed by atoms with Crippen LogP contribution < -0.4 is 37.3 Å². The molecule has 0 atom stereocenters. The minimum atomic E-state index is -3.39. The summed E-state index contributed by atoms with van der Waals surface area (Å²) < 4.78 is 75.9. The fourth-order valence-corrected chi connectivity index (χ4v) is 8.83. The van der Waals surface area contributed by atoms with Crippen LogP contribution in [-0.2, 0) is 24.3 Å². The van der Waals surface area contributed by atoms with Crippen LogP contribution in [-0.4, -0.2) is 58.4 Å². The Balaban J connectivity index is 0.000000338. The smallest absolute Gasteiger partial charge is 0.457 e. The number of thioether (sulfide) groups is 1. The van der Waals surface area contributed by atoms with Gasteiger partial charge in [-0.15, -0.1) is 0 Å². The zero-order chi connectivity index (χ0) is 83.1. The second-order valence-electron chi connectivity index (χ2n) is 23.8. The predicted molar refractivity (Wildman–Crippen MR) is 450 cm³/mol. The molecule has 0 heterocycles. The van der Waals surface area contributed by atoms with Crippen LogP contribution in [0.15, 0.2) is 286 Å². The van der Waals surface area contributed by atoms with Crippen molar-refractivity contribution in [1.29, 1.82) is 5.26 Å². The van der Waals surface area contributed by atoms with Crippen LogP contribution in [0.5, 0.6) is 63.2 Å². The average molecular weight is 1600 g/mol. The molecule has 0 aliphatic carbocycles. The van der Waals surface area contributed by atoms with Crippen molar-refractivity contribution in [2.45, 2.75) is 69.7 Å². The summed E-state index contributed by atoms with van der Waals surface area (Å²) in [4.78, 5) is 50.0. The minimum absolute atomic E-state index is 0. The van der Waals surface area contributed by atoms with E-state index in [1.54, 1.807) is 128 Å². The summed E-state index contributed by atoms with van der Waals surface area (Å²) in [5, 5.41) is 9.36. The van der Waals surface area contributed by atoms with E-state index in [2.05, 4.69) is 41.2 Å². The minimum Gasteiger partial charge on any atom is -0.457 e. The Kier molecular flexibility index (Phi) is 43.0. The Morgan fingerprint density at radius 3 is 1.06 bits per heavy atom. The van der Waals surface area contributed by atoms with Crippen molar-refractivity contribution in [3.63, 3.8) is 0 Å². The van der Waals surface area contributed by atoms with Gasteiger partial charge in [-0.1, -0.05) is 198 Å². The van der Waals surface area contributed by atoms with Gasteiger partial charge in [0.25, 0.3) is 0 Å². The number of hydrogen-bond acceptors (Lipinski definition) is 19. The van der Waals surface area contributed by atoms with Gasteiger partial charge in [-0.25, -0.2) is 28.9 Å². The number of benzene rings is 11. The summed E-state index contributed by atoms with van der Waals surface area (Å²) in [5.41, 5.74) is 10.4. The molecule has 20 nitrogen and oxygen atoms in total. The molecule has 0 bridgehead atoms. The van der Waals surface area contributed by atoms with Gasteiger partial charge in [0.15, 0.2) is 5.69 Å². The van der Waals surface area contributed by atoms with Crippen LogP contribution >= 0.6 is 23.4 Å². The normalized spacial score (nSPS) is 9.53. The number of halogens is 1. The second kappa shape index (κ2) is 51.8. The van der Waals surface area contributed by atoms with Crippen molar-refractivity contribution in [1.82, 2.24) is 0 Å². The molecule has 114 heavy (non-hydrogen) atoms. The van der Waals surface area contributed by atoms with E-state index in [0.29, 0.717) is 68.0 Å². The number of allylic oxidation sites excluding steroid dienone is 1. The van der Waals surface area contributed by atoms with Gasteiger partial charge < -0.3 is 51.6 Å². The van der Waals surface area contributed by atoms with Gasteiger partial charge in [0.05, 0.1) is 38.1 Å². The lowest BCUT2D eigenvalue weighted by atomic mass is 10.2. The molecule has 0 fully saturated rings. The SMILES string of the molecule is C.C=C(C)OC(=O)Oc1ccc(C)cc1.C=CCOC(=O)Oc1ccc(C)cc1.COC(=O)Oc1ccc(C)cc1.CSC(=O)Oc1ccc(C)cc1.Cc1ccc(OS(C)(=O)=O)cc1.Cc1ccc(Oc2ccc(Cl)cc2)cc1.[C-]#[N+]c1ccc(Oc2ccc(C)cc2)cc1.[C-]#[N+]c1ccc(Oc2ccc(C)cc2)cc1C#N. The van der Waals surface area contributed by atoms with Crippen LogP contribution in [0.25, 0.3) is 9.69 Å². The van der Waals surface area contributed by atoms with E-state index in [1.807, 2.05) is 207 Å². The first-order valence-electron chi connectivity index (χ1n) is 34.1. The summed E-state index contributed by atoms with van der Waals surface area (Å²) >= 11 is 6.84. The first-order chi connectivity index (χ1) is 53.9. The number of aryl methyl sites for hydroxylation is 8. The molecule has 0 radical (unpaired) electrons. The van der Waals surface area contributed by atoms with Crippen molar-refractivity contribution >= 4 is 68.6 Å². The number of methoxy groups -OCH3 is 1. The van der Waals surface area contributed by atoms with Crippen molar-refractivity contribution in [2.75, 3.05) is 26.2 Å². The lowest BCUT2D eigenvalue weighted by Crippen LogP contribution is -2.10. The Morgan fingerprint density at radius 2 is 0.754 bits per heavy atom. The molecular weight excluding hydrogens is 1510 g/mol. The topological polar surface area (TPSA) is 236 Å². The molecule has 0 saturated heterocycles. The quantitative estimate of drug-likeness (QED) is 0.0176. The van der Waals surface area contributed by atoms with Gasteiger partial charge in [0, 0.05) is 5.02 Å². The maximum atomic E-state index is 11.0. The Hall–Kier alpha value is -13.6. The molecule has 11 rings (SSSR count). The molecule has 0 spiro atoms. The third kappa shape index (κ3) is 41.3. The van der Waals surface area contributed by atoms with E-state index in [9.17, 15) is 27.6 Å². The first kappa shape index (κ1) is 94.6. The van der Waals surface area contributed by atoms with Crippen LogP contribution in [0.2, 0.25) is 5.02 Å². The van der Waals surface area contributed by atoms with Crippen LogP contribution in [0.1, 0.15) is 64.4 Å². The van der Waals surface area contributed by atoms with E-state index in [0.717, 1.165) is 74.4 Å². The zero-order valence-electron chi connectivity index (χ0n) is 64.5. The van der Waals surface area contributed by atoms with Crippen LogP contribution in [0.4, 0.5) is 30.6 Å². The number of carbonyl (C=O) groups excluding carboxylic acids is 4. The van der Waals surface area contributed by atoms with E-state index >= 15 is 0 Å². The van der Waals surface area contributed by atoms with Crippen molar-refractivity contribution < 1.29 is 79.1 Å². The number of ether oxygens (including phenoxy) is 10. The van der Waals surface area contributed by atoms with Gasteiger partial charge >= 0.3 is 33.9 Å². The van der Waals surface area contributed by atoms with Crippen molar-refractivity contribution in [3.8, 4) is 69.3 Å². The molecule has 11 aromatic rings. The lowest BCUT2D eigenvalue weighted by molar-refractivity contribution is 0.109. The molecule has 23 heteroatoms. The highest BCUT2D eigenvalue weighted by molar-refractivity contribution is 8.12. The first-order valence-corrected chi connectivity index (χ1v) is 37.5. The second-order valence-corrected chi connectivity index (χ2v) is 26.5. The molecule has 0 aliphatic rings. The Bertz CT molecular complexity index is 4930. The summed E-state index contributed by atoms with van der Waals surface area (Å²) in [7, 11) is -2.12. The fourth-order valence-electron chi connectivity index (χ4n) is 8.07. The van der Waals surface area contributed by atoms with Gasteiger partial charge in [-0.2, -0.15) is 13.7 Å². The highest BCUT2D eigenvalue weighted by Crippen LogP contribution is 2.29. The predicted octanol–water partition coefficient (Wildman–Crippen LogP) is 25.7. The zero-order valence-corrected chi connectivity index (χ0v) is 66.9. The van der Waals surface area contributed by atoms with Crippen molar-refractivity contribution in [2.24, 2.45) is 0 Å². The maximum absolute atomic E-state index is 11.0. The van der Waals surface area contributed by atoms with Crippen LogP contribution in [0, 0.1) is 79.9 Å². The third-order valence-electron chi connectivity index (χ3n) is 13.8. The molecule has 0 amide bonds. The number of rotatable bonds is 15.